The van der Waals surface area contributed by atoms with Gasteiger partial charge in [0.25, 0.3) is 5.91 Å². The van der Waals surface area contributed by atoms with Crippen LogP contribution in [0.15, 0.2) is 36.5 Å². The van der Waals surface area contributed by atoms with E-state index in [0.29, 0.717) is 37.3 Å². The van der Waals surface area contributed by atoms with Crippen LogP contribution >= 0.6 is 0 Å². The molecular weight excluding hydrogens is 337 g/mol. The van der Waals surface area contributed by atoms with Crippen LogP contribution in [0.25, 0.3) is 0 Å². The second-order valence-corrected chi connectivity index (χ2v) is 6.46. The Morgan fingerprint density at radius 2 is 1.96 bits per heavy atom. The zero-order chi connectivity index (χ0) is 18.7. The first-order valence-corrected chi connectivity index (χ1v) is 8.48. The van der Waals surface area contributed by atoms with Gasteiger partial charge in [0.05, 0.1) is 0 Å². The van der Waals surface area contributed by atoms with Gasteiger partial charge in [-0.25, -0.2) is 4.39 Å². The lowest BCUT2D eigenvalue weighted by atomic mass is 9.85. The van der Waals surface area contributed by atoms with Crippen molar-refractivity contribution in [2.24, 2.45) is 7.05 Å². The molecule has 7 nitrogen and oxygen atoms in total. The third-order valence-corrected chi connectivity index (χ3v) is 4.71. The van der Waals surface area contributed by atoms with Crippen LogP contribution in [-0.4, -0.2) is 52.2 Å². The van der Waals surface area contributed by atoms with Gasteiger partial charge in [-0.05, 0) is 37.1 Å². The highest BCUT2D eigenvalue weighted by Crippen LogP contribution is 2.28. The second kappa shape index (κ2) is 7.15. The van der Waals surface area contributed by atoms with Gasteiger partial charge in [0.2, 0.25) is 5.91 Å². The number of carbonyl (C=O) groups is 2. The molecule has 0 spiro atoms. The third-order valence-electron chi connectivity index (χ3n) is 4.71. The minimum Gasteiger partial charge on any atom is -0.371 e. The number of likely N-dealkylation sites (tertiary alicyclic amines) is 1. The van der Waals surface area contributed by atoms with E-state index in [0.717, 1.165) is 0 Å². The van der Waals surface area contributed by atoms with E-state index >= 15 is 0 Å². The molecule has 8 heteroatoms. The lowest BCUT2D eigenvalue weighted by Crippen LogP contribution is -2.58. The second-order valence-electron chi connectivity index (χ2n) is 6.46. The van der Waals surface area contributed by atoms with Gasteiger partial charge in [0.15, 0.2) is 0 Å². The Labute approximate surface area is 151 Å². The fraction of sp³-hybridized carbons (Fsp3) is 0.389. The Bertz CT molecular complexity index is 811. The van der Waals surface area contributed by atoms with Crippen molar-refractivity contribution in [2.75, 3.05) is 25.5 Å². The van der Waals surface area contributed by atoms with Gasteiger partial charge in [-0.15, -0.1) is 0 Å². The maximum atomic E-state index is 13.5. The minimum absolute atomic E-state index is 0.151. The number of piperidine rings is 1. The Morgan fingerprint density at radius 1 is 1.23 bits per heavy atom. The van der Waals surface area contributed by atoms with Crippen molar-refractivity contribution in [3.63, 3.8) is 0 Å². The van der Waals surface area contributed by atoms with E-state index in [-0.39, 0.29) is 17.6 Å². The number of aryl methyl sites for hydroxylation is 1. The van der Waals surface area contributed by atoms with Crippen molar-refractivity contribution < 1.29 is 14.0 Å². The quantitative estimate of drug-likeness (QED) is 0.865. The lowest BCUT2D eigenvalue weighted by molar-refractivity contribution is -0.126. The first-order chi connectivity index (χ1) is 12.4. The van der Waals surface area contributed by atoms with Gasteiger partial charge >= 0.3 is 0 Å². The molecule has 3 rings (SSSR count). The van der Waals surface area contributed by atoms with Gasteiger partial charge in [-0.3, -0.25) is 14.3 Å². The molecule has 2 aromatic rings. The molecule has 0 radical (unpaired) electrons. The molecule has 138 valence electrons. The van der Waals surface area contributed by atoms with Crippen LogP contribution < -0.4 is 10.6 Å². The minimum atomic E-state index is -0.885. The Balaban J connectivity index is 1.75. The van der Waals surface area contributed by atoms with E-state index < -0.39 is 5.54 Å². The van der Waals surface area contributed by atoms with E-state index in [1.807, 2.05) is 0 Å². The number of amides is 2. The van der Waals surface area contributed by atoms with Crippen molar-refractivity contribution in [1.29, 1.82) is 0 Å². The molecule has 1 fully saturated rings. The topological polar surface area (TPSA) is 79.3 Å². The van der Waals surface area contributed by atoms with E-state index in [9.17, 15) is 14.0 Å². The standard InChI is InChI=1S/C18H22FN5O2/c1-20-17(26)18(21-14-5-3-4-13(19)12-14)7-10-24(11-8-18)16(25)15-6-9-23(2)22-15/h3-6,9,12,21H,7-8,10-11H2,1-2H3,(H,20,26). The van der Waals surface area contributed by atoms with E-state index in [4.69, 9.17) is 0 Å². The average molecular weight is 359 g/mol. The number of benzene rings is 1. The summed E-state index contributed by atoms with van der Waals surface area (Å²) in [4.78, 5) is 26.8. The number of aromatic nitrogens is 2. The van der Waals surface area contributed by atoms with Gasteiger partial charge in [0.1, 0.15) is 17.1 Å². The molecule has 26 heavy (non-hydrogen) atoms. The number of likely N-dealkylation sites (N-methyl/N-ethyl adjacent to an activating group) is 1. The molecule has 1 aliphatic rings. The highest BCUT2D eigenvalue weighted by atomic mass is 19.1. The van der Waals surface area contributed by atoms with Gasteiger partial charge in [-0.1, -0.05) is 6.07 Å². The fourth-order valence-electron chi connectivity index (χ4n) is 3.27. The molecule has 1 aliphatic heterocycles. The molecule has 0 unspecified atom stereocenters. The number of anilines is 1. The number of halogens is 1. The lowest BCUT2D eigenvalue weighted by Gasteiger charge is -2.41. The molecule has 0 atom stereocenters. The van der Waals surface area contributed by atoms with Crippen LogP contribution in [0, 0.1) is 5.82 Å². The molecule has 2 heterocycles. The molecule has 0 saturated carbocycles. The monoisotopic (exact) mass is 359 g/mol. The number of hydrogen-bond acceptors (Lipinski definition) is 4. The van der Waals surface area contributed by atoms with E-state index in [1.165, 1.54) is 12.1 Å². The Morgan fingerprint density at radius 3 is 2.54 bits per heavy atom. The van der Waals surface area contributed by atoms with Crippen LogP contribution in [0.5, 0.6) is 0 Å². The van der Waals surface area contributed by atoms with Gasteiger partial charge in [-0.2, -0.15) is 5.10 Å². The number of rotatable bonds is 4. The molecular formula is C18H22FN5O2. The molecule has 1 aromatic heterocycles. The van der Waals surface area contributed by atoms with Crippen molar-refractivity contribution in [1.82, 2.24) is 20.0 Å². The van der Waals surface area contributed by atoms with Gasteiger partial charge < -0.3 is 15.5 Å². The summed E-state index contributed by atoms with van der Waals surface area (Å²) in [6.45, 7) is 0.816. The zero-order valence-corrected chi connectivity index (χ0v) is 14.8. The van der Waals surface area contributed by atoms with Crippen molar-refractivity contribution >= 4 is 17.5 Å². The zero-order valence-electron chi connectivity index (χ0n) is 14.8. The summed E-state index contributed by atoms with van der Waals surface area (Å²) < 4.78 is 15.1. The summed E-state index contributed by atoms with van der Waals surface area (Å²) >= 11 is 0. The van der Waals surface area contributed by atoms with Crippen LogP contribution in [-0.2, 0) is 11.8 Å². The third kappa shape index (κ3) is 3.54. The number of nitrogens with one attached hydrogen (secondary N) is 2. The first-order valence-electron chi connectivity index (χ1n) is 8.48. The van der Waals surface area contributed by atoms with Gasteiger partial charge in [0, 0.05) is 39.1 Å². The maximum absolute atomic E-state index is 13.5. The predicted molar refractivity (Wildman–Crippen MR) is 95.2 cm³/mol. The predicted octanol–water partition coefficient (Wildman–Crippen LogP) is 1.39. The molecule has 0 bridgehead atoms. The summed E-state index contributed by atoms with van der Waals surface area (Å²) in [5, 5.41) is 9.99. The highest BCUT2D eigenvalue weighted by Gasteiger charge is 2.42. The molecule has 1 saturated heterocycles. The molecule has 0 aliphatic carbocycles. The number of hydrogen-bond donors (Lipinski definition) is 2. The Kier molecular flexibility index (Phi) is 4.92. The molecule has 1 aromatic carbocycles. The number of carbonyl (C=O) groups excluding carboxylic acids is 2. The van der Waals surface area contributed by atoms with E-state index in [1.54, 1.807) is 48.1 Å². The SMILES string of the molecule is CNC(=O)C1(Nc2cccc(F)c2)CCN(C(=O)c2ccn(C)n2)CC1. The summed E-state index contributed by atoms with van der Waals surface area (Å²) in [5.41, 5.74) is 0.0415. The van der Waals surface area contributed by atoms with Crippen LogP contribution in [0.3, 0.4) is 0 Å². The fourth-order valence-corrected chi connectivity index (χ4v) is 3.27. The largest absolute Gasteiger partial charge is 0.371 e. The maximum Gasteiger partial charge on any atom is 0.274 e. The van der Waals surface area contributed by atoms with Crippen LogP contribution in [0.2, 0.25) is 0 Å². The average Bonchev–Trinajstić information content (AvgIpc) is 3.07. The highest BCUT2D eigenvalue weighted by molar-refractivity contribution is 5.93. The van der Waals surface area contributed by atoms with Crippen molar-refractivity contribution in [3.05, 3.63) is 48.0 Å². The van der Waals surface area contributed by atoms with Crippen LogP contribution in [0.1, 0.15) is 23.3 Å². The first kappa shape index (κ1) is 17.9. The number of nitrogens with zero attached hydrogens (tertiary/aromatic N) is 3. The Hall–Kier alpha value is -2.90. The van der Waals surface area contributed by atoms with Crippen molar-refractivity contribution in [3.8, 4) is 0 Å². The van der Waals surface area contributed by atoms with Crippen LogP contribution in [0.4, 0.5) is 10.1 Å². The molecule has 2 amide bonds. The summed E-state index contributed by atoms with van der Waals surface area (Å²) in [5.74, 6) is -0.696. The smallest absolute Gasteiger partial charge is 0.274 e. The van der Waals surface area contributed by atoms with E-state index in [2.05, 4.69) is 15.7 Å². The molecule has 2 N–H and O–H groups in total. The summed E-state index contributed by atoms with van der Waals surface area (Å²) in [6.07, 6.45) is 2.56. The van der Waals surface area contributed by atoms with Crippen molar-refractivity contribution in [2.45, 2.75) is 18.4 Å². The summed E-state index contributed by atoms with van der Waals surface area (Å²) in [7, 11) is 3.33. The normalized spacial score (nSPS) is 16.2. The summed E-state index contributed by atoms with van der Waals surface area (Å²) in [6, 6.07) is 7.70.